The second kappa shape index (κ2) is 5.14. The first kappa shape index (κ1) is 13.1. The van der Waals surface area contributed by atoms with Crippen LogP contribution >= 0.6 is 0 Å². The maximum atomic E-state index is 12.2. The molecular weight excluding hydrogens is 244 g/mol. The molecule has 1 N–H and O–H groups in total. The Bertz CT molecular complexity index is 653. The molecule has 0 aliphatic carbocycles. The van der Waals surface area contributed by atoms with Crippen LogP contribution in [0.25, 0.3) is 5.69 Å². The highest BCUT2D eigenvalue weighted by Crippen LogP contribution is 2.14. The van der Waals surface area contributed by atoms with E-state index in [0.717, 1.165) is 0 Å². The van der Waals surface area contributed by atoms with Crippen LogP contribution in [0.15, 0.2) is 41.5 Å². The van der Waals surface area contributed by atoms with Crippen molar-refractivity contribution < 1.29 is 9.90 Å². The van der Waals surface area contributed by atoms with E-state index in [2.05, 4.69) is 0 Å². The van der Waals surface area contributed by atoms with Crippen molar-refractivity contribution in [1.29, 1.82) is 0 Å². The summed E-state index contributed by atoms with van der Waals surface area (Å²) >= 11 is 0. The van der Waals surface area contributed by atoms with Crippen LogP contribution in [0, 0.1) is 0 Å². The molecular formula is C14H16N2O3. The molecule has 0 spiro atoms. The fraction of sp³-hybridized carbons (Fsp3) is 0.286. The van der Waals surface area contributed by atoms with E-state index in [1.165, 1.54) is 4.57 Å². The molecule has 0 atom stereocenters. The summed E-state index contributed by atoms with van der Waals surface area (Å²) in [6, 6.07) is 7.11. The van der Waals surface area contributed by atoms with Gasteiger partial charge in [0.1, 0.15) is 0 Å². The van der Waals surface area contributed by atoms with Gasteiger partial charge in [0, 0.05) is 18.4 Å². The molecule has 19 heavy (non-hydrogen) atoms. The van der Waals surface area contributed by atoms with Gasteiger partial charge in [-0.1, -0.05) is 18.2 Å². The molecule has 1 aromatic carbocycles. The highest BCUT2D eigenvalue weighted by Gasteiger charge is 2.12. The van der Waals surface area contributed by atoms with Crippen LogP contribution < -0.4 is 5.69 Å². The van der Waals surface area contributed by atoms with Gasteiger partial charge in [-0.25, -0.2) is 4.79 Å². The van der Waals surface area contributed by atoms with E-state index in [0.29, 0.717) is 11.3 Å². The lowest BCUT2D eigenvalue weighted by atomic mass is 10.1. The zero-order valence-electron chi connectivity index (χ0n) is 10.9. The third-order valence-electron chi connectivity index (χ3n) is 2.95. The number of aromatic nitrogens is 2. The first-order chi connectivity index (χ1) is 9.00. The number of aliphatic carboxylic acids is 1. The second-order valence-corrected chi connectivity index (χ2v) is 4.65. The number of hydrogen-bond donors (Lipinski definition) is 1. The van der Waals surface area contributed by atoms with Crippen LogP contribution in [0.1, 0.15) is 25.5 Å². The van der Waals surface area contributed by atoms with Gasteiger partial charge in [-0.15, -0.1) is 0 Å². The number of carbonyl (C=O) groups is 1. The Hall–Kier alpha value is -2.30. The summed E-state index contributed by atoms with van der Waals surface area (Å²) in [6.45, 7) is 3.85. The molecule has 5 heteroatoms. The fourth-order valence-corrected chi connectivity index (χ4v) is 2.03. The van der Waals surface area contributed by atoms with Crippen molar-refractivity contribution in [2.45, 2.75) is 26.3 Å². The molecule has 0 amide bonds. The number of imidazole rings is 1. The number of carboxylic acid groups (broad SMARTS) is 1. The van der Waals surface area contributed by atoms with Gasteiger partial charge in [0.2, 0.25) is 0 Å². The van der Waals surface area contributed by atoms with Crippen molar-refractivity contribution >= 4 is 5.97 Å². The molecule has 5 nitrogen and oxygen atoms in total. The highest BCUT2D eigenvalue weighted by molar-refractivity contribution is 5.71. The number of benzene rings is 1. The molecule has 0 aliphatic heterocycles. The molecule has 0 unspecified atom stereocenters. The van der Waals surface area contributed by atoms with Crippen molar-refractivity contribution in [3.8, 4) is 5.69 Å². The topological polar surface area (TPSA) is 64.2 Å². The summed E-state index contributed by atoms with van der Waals surface area (Å²) in [4.78, 5) is 23.1. The molecule has 0 fully saturated rings. The Kier molecular flexibility index (Phi) is 3.55. The SMILES string of the molecule is CC(C)n1ccn(-c2ccccc2CC(=O)O)c1=O. The zero-order valence-corrected chi connectivity index (χ0v) is 10.9. The van der Waals surface area contributed by atoms with Crippen molar-refractivity contribution in [2.75, 3.05) is 0 Å². The molecule has 0 saturated carbocycles. The molecule has 0 radical (unpaired) electrons. The fourth-order valence-electron chi connectivity index (χ4n) is 2.03. The zero-order chi connectivity index (χ0) is 14.0. The Morgan fingerprint density at radius 2 is 1.95 bits per heavy atom. The lowest BCUT2D eigenvalue weighted by molar-refractivity contribution is -0.136. The predicted molar refractivity (Wildman–Crippen MR) is 71.8 cm³/mol. The molecule has 0 aliphatic rings. The Labute approximate surface area is 110 Å². The van der Waals surface area contributed by atoms with Crippen LogP contribution in [-0.4, -0.2) is 20.2 Å². The quantitative estimate of drug-likeness (QED) is 0.912. The lowest BCUT2D eigenvalue weighted by Crippen LogP contribution is -2.25. The van der Waals surface area contributed by atoms with E-state index in [1.54, 1.807) is 41.2 Å². The van der Waals surface area contributed by atoms with Crippen LogP contribution in [0.4, 0.5) is 0 Å². The molecule has 1 heterocycles. The molecule has 2 aromatic rings. The third-order valence-corrected chi connectivity index (χ3v) is 2.95. The van der Waals surface area contributed by atoms with Gasteiger partial charge in [-0.2, -0.15) is 0 Å². The summed E-state index contributed by atoms with van der Waals surface area (Å²) < 4.78 is 3.09. The van der Waals surface area contributed by atoms with E-state index in [-0.39, 0.29) is 18.2 Å². The van der Waals surface area contributed by atoms with Gasteiger partial charge in [-0.3, -0.25) is 13.9 Å². The Morgan fingerprint density at radius 1 is 1.26 bits per heavy atom. The Balaban J connectivity index is 2.53. The molecule has 100 valence electrons. The molecule has 0 saturated heterocycles. The first-order valence-electron chi connectivity index (χ1n) is 6.10. The third kappa shape index (κ3) is 2.59. The molecule has 2 rings (SSSR count). The van der Waals surface area contributed by atoms with E-state index >= 15 is 0 Å². The number of hydrogen-bond acceptors (Lipinski definition) is 2. The van der Waals surface area contributed by atoms with Crippen molar-refractivity contribution in [2.24, 2.45) is 0 Å². The maximum Gasteiger partial charge on any atom is 0.332 e. The van der Waals surface area contributed by atoms with Crippen molar-refractivity contribution in [3.05, 3.63) is 52.7 Å². The summed E-state index contributed by atoms with van der Waals surface area (Å²) in [7, 11) is 0. The maximum absolute atomic E-state index is 12.2. The van der Waals surface area contributed by atoms with Crippen molar-refractivity contribution in [3.63, 3.8) is 0 Å². The normalized spacial score (nSPS) is 10.9. The minimum absolute atomic E-state index is 0.0698. The number of rotatable bonds is 4. The van der Waals surface area contributed by atoms with Gasteiger partial charge < -0.3 is 5.11 Å². The van der Waals surface area contributed by atoms with Gasteiger partial charge in [-0.05, 0) is 25.5 Å². The predicted octanol–water partition coefficient (Wildman–Crippen LogP) is 1.85. The van der Waals surface area contributed by atoms with E-state index in [1.807, 2.05) is 13.8 Å². The van der Waals surface area contributed by atoms with Crippen molar-refractivity contribution in [1.82, 2.24) is 9.13 Å². The van der Waals surface area contributed by atoms with Gasteiger partial charge in [0.15, 0.2) is 0 Å². The monoisotopic (exact) mass is 260 g/mol. The standard InChI is InChI=1S/C14H16N2O3/c1-10(2)15-7-8-16(14(15)19)12-6-4-3-5-11(12)9-13(17)18/h3-8,10H,9H2,1-2H3,(H,17,18). The van der Waals surface area contributed by atoms with Gasteiger partial charge >= 0.3 is 11.7 Å². The van der Waals surface area contributed by atoms with Crippen LogP contribution in [-0.2, 0) is 11.2 Å². The summed E-state index contributed by atoms with van der Waals surface area (Å²) in [5, 5.41) is 8.91. The number of para-hydroxylation sites is 1. The van der Waals surface area contributed by atoms with Gasteiger partial charge in [0.25, 0.3) is 0 Å². The molecule has 0 bridgehead atoms. The largest absolute Gasteiger partial charge is 0.481 e. The minimum Gasteiger partial charge on any atom is -0.481 e. The Morgan fingerprint density at radius 3 is 2.53 bits per heavy atom. The summed E-state index contributed by atoms with van der Waals surface area (Å²) in [5.41, 5.74) is 1.08. The lowest BCUT2D eigenvalue weighted by Gasteiger charge is -2.08. The number of carboxylic acids is 1. The van der Waals surface area contributed by atoms with Gasteiger partial charge in [0.05, 0.1) is 12.1 Å². The summed E-state index contributed by atoms with van der Waals surface area (Å²) in [6.07, 6.45) is 3.28. The van der Waals surface area contributed by atoms with E-state index < -0.39 is 5.97 Å². The van der Waals surface area contributed by atoms with E-state index in [4.69, 9.17) is 5.11 Å². The molecule has 1 aromatic heterocycles. The number of nitrogens with zero attached hydrogens (tertiary/aromatic N) is 2. The second-order valence-electron chi connectivity index (χ2n) is 4.65. The van der Waals surface area contributed by atoms with Crippen LogP contribution in [0.5, 0.6) is 0 Å². The van der Waals surface area contributed by atoms with Crippen LogP contribution in [0.3, 0.4) is 0 Å². The smallest absolute Gasteiger partial charge is 0.332 e. The minimum atomic E-state index is -0.913. The first-order valence-corrected chi connectivity index (χ1v) is 6.10. The summed E-state index contributed by atoms with van der Waals surface area (Å²) in [5.74, 6) is -0.913. The highest BCUT2D eigenvalue weighted by atomic mass is 16.4. The average Bonchev–Trinajstić information content (AvgIpc) is 2.71. The average molecular weight is 260 g/mol. The van der Waals surface area contributed by atoms with E-state index in [9.17, 15) is 9.59 Å². The van der Waals surface area contributed by atoms with Crippen LogP contribution in [0.2, 0.25) is 0 Å².